The van der Waals surface area contributed by atoms with Crippen LogP contribution in [0.1, 0.15) is 11.5 Å². The average Bonchev–Trinajstić information content (AvgIpc) is 2.99. The Morgan fingerprint density at radius 3 is 2.64 bits per heavy atom. The van der Waals surface area contributed by atoms with E-state index in [0.29, 0.717) is 5.76 Å². The summed E-state index contributed by atoms with van der Waals surface area (Å²) < 4.78 is 5.43. The molecule has 0 saturated carbocycles. The molecule has 1 amide bonds. The van der Waals surface area contributed by atoms with E-state index < -0.39 is 0 Å². The molecule has 0 aliphatic carbocycles. The van der Waals surface area contributed by atoms with Crippen molar-refractivity contribution in [3.8, 4) is 0 Å². The van der Waals surface area contributed by atoms with Gasteiger partial charge in [-0.05, 0) is 31.2 Å². The van der Waals surface area contributed by atoms with Gasteiger partial charge in [-0.25, -0.2) is 4.98 Å². The molecule has 1 aliphatic heterocycles. The van der Waals surface area contributed by atoms with Gasteiger partial charge in [-0.2, -0.15) is 0 Å². The van der Waals surface area contributed by atoms with Crippen molar-refractivity contribution in [2.75, 3.05) is 31.1 Å². The minimum atomic E-state index is 0.0331. The second-order valence-electron chi connectivity index (χ2n) is 5.34. The van der Waals surface area contributed by atoms with Crippen LogP contribution in [0, 0.1) is 6.92 Å². The number of carbonyl (C=O) groups excluding carboxylic acids is 1. The molecule has 2 aromatic heterocycles. The third kappa shape index (κ3) is 3.36. The third-order valence-corrected chi connectivity index (χ3v) is 3.78. The van der Waals surface area contributed by atoms with Crippen molar-refractivity contribution < 1.29 is 14.2 Å². The molecule has 0 spiro atoms. The Balaban J connectivity index is 1.55. The fraction of sp³-hybridized carbons (Fsp3) is 0.294. The van der Waals surface area contributed by atoms with E-state index in [2.05, 4.69) is 16.0 Å². The predicted octanol–water partition coefficient (Wildman–Crippen LogP) is 1.76. The number of anilines is 1. The monoisotopic (exact) mass is 298 g/mol. The molecule has 0 atom stereocenters. The Kier molecular flexibility index (Phi) is 4.23. The molecular weight excluding hydrogens is 278 g/mol. The number of aromatic amines is 1. The van der Waals surface area contributed by atoms with E-state index in [1.807, 2.05) is 42.3 Å². The van der Waals surface area contributed by atoms with Crippen LogP contribution in [0.2, 0.25) is 0 Å². The molecule has 0 bridgehead atoms. The van der Waals surface area contributed by atoms with Crippen LogP contribution in [0.3, 0.4) is 0 Å². The standard InChI is InChI=1S/C17H19N3O2/c1-14-5-6-15(22-14)7-8-17(21)20-12-10-19(11-13-20)16-4-2-3-9-18-16/h2-9H,10-13H2,1H3/p+1/b8-7+. The van der Waals surface area contributed by atoms with E-state index in [4.69, 9.17) is 4.42 Å². The number of furan rings is 1. The van der Waals surface area contributed by atoms with Crippen LogP contribution < -0.4 is 9.88 Å². The summed E-state index contributed by atoms with van der Waals surface area (Å²) in [5.41, 5.74) is 0. The quantitative estimate of drug-likeness (QED) is 0.811. The first kappa shape index (κ1) is 14.4. The van der Waals surface area contributed by atoms with E-state index in [0.717, 1.165) is 37.8 Å². The van der Waals surface area contributed by atoms with E-state index in [-0.39, 0.29) is 5.91 Å². The van der Waals surface area contributed by atoms with Crippen molar-refractivity contribution in [1.82, 2.24) is 4.90 Å². The second kappa shape index (κ2) is 6.47. The number of piperazine rings is 1. The summed E-state index contributed by atoms with van der Waals surface area (Å²) in [4.78, 5) is 19.5. The van der Waals surface area contributed by atoms with Gasteiger partial charge in [0.15, 0.2) is 0 Å². The number of hydrogen-bond donors (Lipinski definition) is 0. The zero-order valence-electron chi connectivity index (χ0n) is 12.7. The first-order valence-corrected chi connectivity index (χ1v) is 7.47. The number of amides is 1. The molecule has 5 nitrogen and oxygen atoms in total. The lowest BCUT2D eigenvalue weighted by Crippen LogP contribution is -2.49. The van der Waals surface area contributed by atoms with Crippen molar-refractivity contribution >= 4 is 17.8 Å². The molecule has 0 unspecified atom stereocenters. The van der Waals surface area contributed by atoms with Crippen molar-refractivity contribution in [1.29, 1.82) is 0 Å². The van der Waals surface area contributed by atoms with Crippen LogP contribution in [0.5, 0.6) is 0 Å². The molecule has 3 rings (SSSR count). The van der Waals surface area contributed by atoms with Gasteiger partial charge in [0.2, 0.25) is 5.91 Å². The molecule has 1 N–H and O–H groups in total. The number of aromatic nitrogens is 1. The van der Waals surface area contributed by atoms with Gasteiger partial charge in [-0.15, -0.1) is 0 Å². The first-order valence-electron chi connectivity index (χ1n) is 7.47. The molecule has 1 aliphatic rings. The van der Waals surface area contributed by atoms with Gasteiger partial charge in [-0.3, -0.25) is 9.69 Å². The fourth-order valence-electron chi connectivity index (χ4n) is 2.55. The van der Waals surface area contributed by atoms with Crippen molar-refractivity contribution in [3.05, 3.63) is 54.1 Å². The van der Waals surface area contributed by atoms with Gasteiger partial charge in [0.1, 0.15) is 24.6 Å². The van der Waals surface area contributed by atoms with Crippen LogP contribution in [-0.4, -0.2) is 37.0 Å². The molecule has 3 heterocycles. The third-order valence-electron chi connectivity index (χ3n) is 3.78. The van der Waals surface area contributed by atoms with E-state index >= 15 is 0 Å². The zero-order valence-corrected chi connectivity index (χ0v) is 12.7. The minimum Gasteiger partial charge on any atom is -0.462 e. The zero-order chi connectivity index (χ0) is 15.4. The van der Waals surface area contributed by atoms with Crippen LogP contribution in [0.4, 0.5) is 5.82 Å². The molecule has 2 aromatic rings. The number of pyridine rings is 1. The molecule has 1 saturated heterocycles. The number of H-pyrrole nitrogens is 1. The van der Waals surface area contributed by atoms with E-state index in [1.54, 1.807) is 12.2 Å². The van der Waals surface area contributed by atoms with Crippen LogP contribution in [0.15, 0.2) is 47.0 Å². The molecule has 22 heavy (non-hydrogen) atoms. The normalized spacial score (nSPS) is 15.5. The number of hydrogen-bond acceptors (Lipinski definition) is 3. The Labute approximate surface area is 129 Å². The van der Waals surface area contributed by atoms with Gasteiger partial charge < -0.3 is 9.32 Å². The van der Waals surface area contributed by atoms with Crippen molar-refractivity contribution in [3.63, 3.8) is 0 Å². The number of aryl methyl sites for hydroxylation is 1. The van der Waals surface area contributed by atoms with Crippen molar-refractivity contribution in [2.45, 2.75) is 6.92 Å². The molecular formula is C17H20N3O2+. The van der Waals surface area contributed by atoms with E-state index in [1.165, 1.54) is 0 Å². The van der Waals surface area contributed by atoms with Crippen LogP contribution in [0.25, 0.3) is 6.08 Å². The summed E-state index contributed by atoms with van der Waals surface area (Å²) >= 11 is 0. The maximum absolute atomic E-state index is 12.2. The lowest BCUT2D eigenvalue weighted by molar-refractivity contribution is -0.364. The first-order chi connectivity index (χ1) is 10.7. The number of nitrogens with one attached hydrogen (secondary N) is 1. The molecule has 5 heteroatoms. The smallest absolute Gasteiger partial charge is 0.274 e. The molecule has 114 valence electrons. The van der Waals surface area contributed by atoms with Gasteiger partial charge in [0.05, 0.1) is 19.3 Å². The SMILES string of the molecule is Cc1ccc(/C=C/C(=O)N2CCN(c3cccc[nH+]3)CC2)o1. The van der Waals surface area contributed by atoms with Crippen LogP contribution >= 0.6 is 0 Å². The largest absolute Gasteiger partial charge is 0.462 e. The van der Waals surface area contributed by atoms with Gasteiger partial charge in [-0.1, -0.05) is 6.07 Å². The Bertz CT molecular complexity index is 656. The summed E-state index contributed by atoms with van der Waals surface area (Å²) in [6.45, 7) is 5.01. The molecule has 1 fully saturated rings. The molecule has 0 aromatic carbocycles. The summed E-state index contributed by atoms with van der Waals surface area (Å²) in [6.07, 6.45) is 5.23. The highest BCUT2D eigenvalue weighted by molar-refractivity contribution is 5.91. The summed E-state index contributed by atoms with van der Waals surface area (Å²) in [7, 11) is 0. The Hall–Kier alpha value is -2.56. The Morgan fingerprint density at radius 1 is 1.18 bits per heavy atom. The van der Waals surface area contributed by atoms with E-state index in [9.17, 15) is 4.79 Å². The number of rotatable bonds is 3. The number of carbonyl (C=O) groups is 1. The number of nitrogens with zero attached hydrogens (tertiary/aromatic N) is 2. The molecule has 0 radical (unpaired) electrons. The fourth-order valence-corrected chi connectivity index (χ4v) is 2.55. The topological polar surface area (TPSA) is 50.8 Å². The van der Waals surface area contributed by atoms with Gasteiger partial charge >= 0.3 is 0 Å². The lowest BCUT2D eigenvalue weighted by Gasteiger charge is -2.30. The predicted molar refractivity (Wildman–Crippen MR) is 84.3 cm³/mol. The highest BCUT2D eigenvalue weighted by atomic mass is 16.3. The van der Waals surface area contributed by atoms with Gasteiger partial charge in [0, 0.05) is 12.1 Å². The lowest BCUT2D eigenvalue weighted by atomic mass is 10.3. The highest BCUT2D eigenvalue weighted by Crippen LogP contribution is 2.11. The van der Waals surface area contributed by atoms with Gasteiger partial charge in [0.25, 0.3) is 5.82 Å². The summed E-state index contributed by atoms with van der Waals surface area (Å²) in [6, 6.07) is 9.78. The summed E-state index contributed by atoms with van der Waals surface area (Å²) in [5, 5.41) is 0. The average molecular weight is 298 g/mol. The van der Waals surface area contributed by atoms with Crippen molar-refractivity contribution in [2.24, 2.45) is 0 Å². The minimum absolute atomic E-state index is 0.0331. The maximum atomic E-state index is 12.2. The second-order valence-corrected chi connectivity index (χ2v) is 5.34. The van der Waals surface area contributed by atoms with Crippen LogP contribution in [-0.2, 0) is 4.79 Å². The Morgan fingerprint density at radius 2 is 2.00 bits per heavy atom. The maximum Gasteiger partial charge on any atom is 0.274 e. The summed E-state index contributed by atoms with van der Waals surface area (Å²) in [5.74, 6) is 2.69. The highest BCUT2D eigenvalue weighted by Gasteiger charge is 2.24.